The lowest BCUT2D eigenvalue weighted by molar-refractivity contribution is -0.384. The number of benzene rings is 2. The summed E-state index contributed by atoms with van der Waals surface area (Å²) in [5.41, 5.74) is 4.07. The van der Waals surface area contributed by atoms with Gasteiger partial charge in [-0.15, -0.1) is 0 Å². The Balaban J connectivity index is 2.34. The first kappa shape index (κ1) is 17.5. The molecule has 0 radical (unpaired) electrons. The van der Waals surface area contributed by atoms with Crippen LogP contribution in [0.3, 0.4) is 0 Å². The first-order valence-corrected chi connectivity index (χ1v) is 8.37. The van der Waals surface area contributed by atoms with Crippen LogP contribution in [-0.2, 0) is 6.54 Å². The Morgan fingerprint density at radius 1 is 1.27 bits per heavy atom. The molecule has 6 nitrogen and oxygen atoms in total. The smallest absolute Gasteiger partial charge is 0.269 e. The molecule has 2 aromatic carbocycles. The van der Waals surface area contributed by atoms with Crippen LogP contribution >= 0.6 is 0 Å². The topological polar surface area (TPSA) is 81.1 Å². The van der Waals surface area contributed by atoms with Crippen molar-refractivity contribution in [1.82, 2.24) is 4.57 Å². The molecule has 3 aromatic rings. The molecule has 6 heteroatoms. The number of nitriles is 1. The van der Waals surface area contributed by atoms with Gasteiger partial charge in [-0.1, -0.05) is 6.92 Å². The predicted molar refractivity (Wildman–Crippen MR) is 100 cm³/mol. The Labute approximate surface area is 151 Å². The normalized spacial score (nSPS) is 10.7. The van der Waals surface area contributed by atoms with Crippen LogP contribution in [0.5, 0.6) is 5.75 Å². The van der Waals surface area contributed by atoms with Crippen molar-refractivity contribution >= 4 is 16.6 Å². The highest BCUT2D eigenvalue weighted by Gasteiger charge is 2.20. The lowest BCUT2D eigenvalue weighted by Crippen LogP contribution is -2.00. The van der Waals surface area contributed by atoms with E-state index in [1.54, 1.807) is 19.2 Å². The molecule has 132 valence electrons. The number of ether oxygens (including phenoxy) is 1. The molecule has 0 fully saturated rings. The molecule has 0 spiro atoms. The van der Waals surface area contributed by atoms with Gasteiger partial charge in [-0.3, -0.25) is 10.1 Å². The van der Waals surface area contributed by atoms with Crippen molar-refractivity contribution < 1.29 is 9.66 Å². The maximum absolute atomic E-state index is 10.9. The molecule has 0 N–H and O–H groups in total. The summed E-state index contributed by atoms with van der Waals surface area (Å²) in [7, 11) is 1.63. The number of methoxy groups -OCH3 is 1. The summed E-state index contributed by atoms with van der Waals surface area (Å²) in [4.78, 5) is 10.5. The Bertz CT molecular complexity index is 1030. The minimum absolute atomic E-state index is 0.0305. The molecule has 0 saturated carbocycles. The standard InChI is InChI=1S/C20H19N3O3/c1-4-9-22-18-11-19(26-3)13(2)10-16(18)17(12-21)20(22)14-5-7-15(8-6-14)23(24)25/h5-8,10-11H,4,9H2,1-3H3. The van der Waals surface area contributed by atoms with E-state index in [9.17, 15) is 15.4 Å². The molecule has 0 atom stereocenters. The number of hydrogen-bond donors (Lipinski definition) is 0. The maximum atomic E-state index is 10.9. The van der Waals surface area contributed by atoms with Crippen LogP contribution < -0.4 is 4.74 Å². The fourth-order valence-corrected chi connectivity index (χ4v) is 3.31. The van der Waals surface area contributed by atoms with Gasteiger partial charge < -0.3 is 9.30 Å². The lowest BCUT2D eigenvalue weighted by Gasteiger charge is -2.11. The third-order valence-electron chi connectivity index (χ3n) is 4.49. The van der Waals surface area contributed by atoms with Gasteiger partial charge >= 0.3 is 0 Å². The zero-order valence-electron chi connectivity index (χ0n) is 14.9. The number of fused-ring (bicyclic) bond motifs is 1. The highest BCUT2D eigenvalue weighted by Crippen LogP contribution is 2.37. The van der Waals surface area contributed by atoms with Crippen LogP contribution in [0.25, 0.3) is 22.2 Å². The van der Waals surface area contributed by atoms with Crippen LogP contribution in [0.4, 0.5) is 5.69 Å². The Morgan fingerprint density at radius 2 is 1.96 bits per heavy atom. The van der Waals surface area contributed by atoms with E-state index in [-0.39, 0.29) is 5.69 Å². The lowest BCUT2D eigenvalue weighted by atomic mass is 10.0. The summed E-state index contributed by atoms with van der Waals surface area (Å²) in [6, 6.07) is 12.6. The minimum atomic E-state index is -0.426. The number of aryl methyl sites for hydroxylation is 2. The number of nitrogens with zero attached hydrogens (tertiary/aromatic N) is 3. The Kier molecular flexibility index (Phi) is 4.63. The number of non-ortho nitro benzene ring substituents is 1. The summed E-state index contributed by atoms with van der Waals surface area (Å²) < 4.78 is 7.54. The molecule has 0 bridgehead atoms. The van der Waals surface area contributed by atoms with Crippen molar-refractivity contribution in [3.63, 3.8) is 0 Å². The second-order valence-electron chi connectivity index (χ2n) is 6.13. The van der Waals surface area contributed by atoms with Crippen molar-refractivity contribution in [3.8, 4) is 23.1 Å². The van der Waals surface area contributed by atoms with Gasteiger partial charge in [0.2, 0.25) is 0 Å². The molecular weight excluding hydrogens is 330 g/mol. The SMILES string of the molecule is CCCn1c(-c2ccc([N+](=O)[O-])cc2)c(C#N)c2cc(C)c(OC)cc21. The van der Waals surface area contributed by atoms with Crippen molar-refractivity contribution in [2.24, 2.45) is 0 Å². The van der Waals surface area contributed by atoms with Crippen LogP contribution in [-0.4, -0.2) is 16.6 Å². The zero-order valence-corrected chi connectivity index (χ0v) is 14.9. The van der Waals surface area contributed by atoms with Gasteiger partial charge in [0.05, 0.1) is 28.8 Å². The highest BCUT2D eigenvalue weighted by atomic mass is 16.6. The number of nitro benzene ring substituents is 1. The molecule has 0 amide bonds. The van der Waals surface area contributed by atoms with Crippen LogP contribution in [0.2, 0.25) is 0 Å². The molecule has 3 rings (SSSR count). The molecule has 0 aliphatic carbocycles. The number of nitro groups is 1. The predicted octanol–water partition coefficient (Wildman–Crippen LogP) is 4.82. The molecule has 0 aliphatic rings. The van der Waals surface area contributed by atoms with Crippen molar-refractivity contribution in [2.45, 2.75) is 26.8 Å². The summed E-state index contributed by atoms with van der Waals surface area (Å²) in [6.07, 6.45) is 0.894. The van der Waals surface area contributed by atoms with Crippen LogP contribution in [0.15, 0.2) is 36.4 Å². The van der Waals surface area contributed by atoms with E-state index >= 15 is 0 Å². The van der Waals surface area contributed by atoms with E-state index in [0.717, 1.165) is 46.4 Å². The second-order valence-corrected chi connectivity index (χ2v) is 6.13. The average Bonchev–Trinajstić information content (AvgIpc) is 2.93. The fourth-order valence-electron chi connectivity index (χ4n) is 3.31. The Hall–Kier alpha value is -3.33. The first-order chi connectivity index (χ1) is 12.5. The second kappa shape index (κ2) is 6.89. The van der Waals surface area contributed by atoms with Gasteiger partial charge in [-0.05, 0) is 37.1 Å². The summed E-state index contributed by atoms with van der Waals surface area (Å²) in [5, 5.41) is 21.6. The van der Waals surface area contributed by atoms with Crippen LogP contribution in [0, 0.1) is 28.4 Å². The van der Waals surface area contributed by atoms with Gasteiger partial charge in [0.25, 0.3) is 5.69 Å². The molecular formula is C20H19N3O3. The number of hydrogen-bond acceptors (Lipinski definition) is 4. The average molecular weight is 349 g/mol. The van der Waals surface area contributed by atoms with Crippen molar-refractivity contribution in [3.05, 3.63) is 57.6 Å². The summed E-state index contributed by atoms with van der Waals surface area (Å²) in [6.45, 7) is 4.75. The van der Waals surface area contributed by atoms with Crippen molar-refractivity contribution in [2.75, 3.05) is 7.11 Å². The molecule has 0 unspecified atom stereocenters. The van der Waals surface area contributed by atoms with E-state index in [0.29, 0.717) is 5.56 Å². The van der Waals surface area contributed by atoms with Gasteiger partial charge in [-0.2, -0.15) is 5.26 Å². The molecule has 0 saturated heterocycles. The first-order valence-electron chi connectivity index (χ1n) is 8.37. The molecule has 0 aliphatic heterocycles. The number of rotatable bonds is 5. The van der Waals surface area contributed by atoms with Crippen LogP contribution in [0.1, 0.15) is 24.5 Å². The molecule has 1 heterocycles. The monoisotopic (exact) mass is 349 g/mol. The van der Waals surface area contributed by atoms with Crippen molar-refractivity contribution in [1.29, 1.82) is 5.26 Å². The minimum Gasteiger partial charge on any atom is -0.496 e. The zero-order chi connectivity index (χ0) is 18.8. The van der Waals surface area contributed by atoms with Gasteiger partial charge in [0.1, 0.15) is 11.8 Å². The third-order valence-corrected chi connectivity index (χ3v) is 4.49. The van der Waals surface area contributed by atoms with E-state index in [1.165, 1.54) is 12.1 Å². The van der Waals surface area contributed by atoms with Gasteiger partial charge in [0.15, 0.2) is 0 Å². The fraction of sp³-hybridized carbons (Fsp3) is 0.250. The largest absolute Gasteiger partial charge is 0.496 e. The summed E-state index contributed by atoms with van der Waals surface area (Å²) in [5.74, 6) is 0.770. The number of aromatic nitrogens is 1. The van der Waals surface area contributed by atoms with E-state index < -0.39 is 4.92 Å². The van der Waals surface area contributed by atoms with Gasteiger partial charge in [0, 0.05) is 35.7 Å². The Morgan fingerprint density at radius 3 is 2.50 bits per heavy atom. The molecule has 26 heavy (non-hydrogen) atoms. The quantitative estimate of drug-likeness (QED) is 0.489. The maximum Gasteiger partial charge on any atom is 0.269 e. The van der Waals surface area contributed by atoms with E-state index in [1.807, 2.05) is 19.1 Å². The van der Waals surface area contributed by atoms with E-state index in [4.69, 9.17) is 4.74 Å². The summed E-state index contributed by atoms with van der Waals surface area (Å²) >= 11 is 0. The van der Waals surface area contributed by atoms with Gasteiger partial charge in [-0.25, -0.2) is 0 Å². The molecule has 1 aromatic heterocycles. The van der Waals surface area contributed by atoms with E-state index in [2.05, 4.69) is 17.6 Å². The third kappa shape index (κ3) is 2.78. The highest BCUT2D eigenvalue weighted by molar-refractivity contribution is 5.96.